The number of rotatable bonds is 5. The number of carbonyl (C=O) groups excluding carboxylic acids is 1. The van der Waals surface area contributed by atoms with Crippen molar-refractivity contribution in [1.82, 2.24) is 5.43 Å². The number of nitrogens with one attached hydrogen (secondary N) is 1. The number of benzene rings is 2. The number of allylic oxidation sites excluding steroid dienone is 1. The monoisotopic (exact) mass is 391 g/mol. The SMILES string of the molecule is COc1cccc(C(=O)N/N=C/c2ccc3c(c2)C(C)=CC(C)(C)N3C(C)C)c1. The number of hydrogen-bond acceptors (Lipinski definition) is 4. The van der Waals surface area contributed by atoms with Gasteiger partial charge in [0.05, 0.1) is 18.9 Å². The molecule has 0 atom stereocenters. The van der Waals surface area contributed by atoms with Gasteiger partial charge in [0.1, 0.15) is 5.75 Å². The molecular weight excluding hydrogens is 362 g/mol. The molecule has 3 rings (SSSR count). The minimum absolute atomic E-state index is 0.0361. The highest BCUT2D eigenvalue weighted by atomic mass is 16.5. The molecular formula is C24H29N3O2. The second kappa shape index (κ2) is 8.11. The fourth-order valence-corrected chi connectivity index (χ4v) is 4.09. The minimum Gasteiger partial charge on any atom is -0.497 e. The first kappa shape index (κ1) is 20.6. The number of hydrazone groups is 1. The van der Waals surface area contributed by atoms with Crippen LogP contribution in [-0.2, 0) is 0 Å². The second-order valence-corrected chi connectivity index (χ2v) is 8.15. The Morgan fingerprint density at radius 1 is 1.21 bits per heavy atom. The molecule has 2 aromatic carbocycles. The average Bonchev–Trinajstić information content (AvgIpc) is 2.67. The topological polar surface area (TPSA) is 53.9 Å². The predicted octanol–water partition coefficient (Wildman–Crippen LogP) is 4.87. The number of nitrogens with zero attached hydrogens (tertiary/aromatic N) is 2. The van der Waals surface area contributed by atoms with Crippen LogP contribution in [0.2, 0.25) is 0 Å². The predicted molar refractivity (Wildman–Crippen MR) is 120 cm³/mol. The van der Waals surface area contributed by atoms with Crippen LogP contribution in [0.4, 0.5) is 5.69 Å². The summed E-state index contributed by atoms with van der Waals surface area (Å²) >= 11 is 0. The maximum absolute atomic E-state index is 12.3. The van der Waals surface area contributed by atoms with Crippen LogP contribution < -0.4 is 15.1 Å². The number of hydrogen-bond donors (Lipinski definition) is 1. The molecule has 1 N–H and O–H groups in total. The van der Waals surface area contributed by atoms with Gasteiger partial charge >= 0.3 is 0 Å². The van der Waals surface area contributed by atoms with E-state index in [0.717, 1.165) is 5.56 Å². The second-order valence-electron chi connectivity index (χ2n) is 8.15. The quantitative estimate of drug-likeness (QED) is 0.584. The van der Waals surface area contributed by atoms with Crippen molar-refractivity contribution in [2.45, 2.75) is 46.2 Å². The van der Waals surface area contributed by atoms with E-state index in [4.69, 9.17) is 4.74 Å². The lowest BCUT2D eigenvalue weighted by Crippen LogP contribution is -2.49. The zero-order chi connectivity index (χ0) is 21.2. The van der Waals surface area contributed by atoms with Gasteiger partial charge in [-0.3, -0.25) is 4.79 Å². The lowest BCUT2D eigenvalue weighted by atomic mass is 9.87. The molecule has 0 radical (unpaired) electrons. The van der Waals surface area contributed by atoms with Gasteiger partial charge in [0.15, 0.2) is 0 Å². The van der Waals surface area contributed by atoms with Crippen molar-refractivity contribution in [3.8, 4) is 5.75 Å². The maximum atomic E-state index is 12.3. The number of fused-ring (bicyclic) bond motifs is 1. The van der Waals surface area contributed by atoms with Gasteiger partial charge in [0.2, 0.25) is 0 Å². The first-order valence-electron chi connectivity index (χ1n) is 9.83. The van der Waals surface area contributed by atoms with Gasteiger partial charge in [-0.1, -0.05) is 18.2 Å². The smallest absolute Gasteiger partial charge is 0.271 e. The summed E-state index contributed by atoms with van der Waals surface area (Å²) in [6.45, 7) is 11.0. The molecule has 0 fully saturated rings. The van der Waals surface area contributed by atoms with Gasteiger partial charge in [-0.2, -0.15) is 5.10 Å². The van der Waals surface area contributed by atoms with Gasteiger partial charge in [-0.05, 0) is 76.1 Å². The fourth-order valence-electron chi connectivity index (χ4n) is 4.09. The molecule has 2 aromatic rings. The third kappa shape index (κ3) is 4.34. The van der Waals surface area contributed by atoms with Crippen molar-refractivity contribution in [2.75, 3.05) is 12.0 Å². The van der Waals surface area contributed by atoms with Crippen LogP contribution in [0.5, 0.6) is 5.75 Å². The summed E-state index contributed by atoms with van der Waals surface area (Å²) < 4.78 is 5.15. The highest BCUT2D eigenvalue weighted by molar-refractivity contribution is 5.95. The van der Waals surface area contributed by atoms with E-state index in [1.54, 1.807) is 37.6 Å². The number of anilines is 1. The Kier molecular flexibility index (Phi) is 5.78. The molecule has 152 valence electrons. The van der Waals surface area contributed by atoms with Crippen molar-refractivity contribution in [3.63, 3.8) is 0 Å². The fraction of sp³-hybridized carbons (Fsp3) is 0.333. The van der Waals surface area contributed by atoms with E-state index in [2.05, 4.69) is 68.3 Å². The molecule has 5 nitrogen and oxygen atoms in total. The van der Waals surface area contributed by atoms with E-state index in [9.17, 15) is 4.79 Å². The lowest BCUT2D eigenvalue weighted by Gasteiger charge is -2.46. The summed E-state index contributed by atoms with van der Waals surface area (Å²) in [6.07, 6.45) is 3.98. The average molecular weight is 392 g/mol. The van der Waals surface area contributed by atoms with Gasteiger partial charge < -0.3 is 9.64 Å². The molecule has 29 heavy (non-hydrogen) atoms. The Morgan fingerprint density at radius 3 is 2.66 bits per heavy atom. The summed E-state index contributed by atoms with van der Waals surface area (Å²) in [5, 5.41) is 4.13. The normalized spacial score (nSPS) is 15.3. The molecule has 0 unspecified atom stereocenters. The number of ether oxygens (including phenoxy) is 1. The maximum Gasteiger partial charge on any atom is 0.271 e. The zero-order valence-corrected chi connectivity index (χ0v) is 18.0. The van der Waals surface area contributed by atoms with E-state index in [1.165, 1.54) is 16.8 Å². The van der Waals surface area contributed by atoms with E-state index in [-0.39, 0.29) is 11.4 Å². The summed E-state index contributed by atoms with van der Waals surface area (Å²) in [5.74, 6) is 0.359. The Hall–Kier alpha value is -3.08. The van der Waals surface area contributed by atoms with Crippen LogP contribution >= 0.6 is 0 Å². The molecule has 0 aliphatic carbocycles. The van der Waals surface area contributed by atoms with E-state index in [0.29, 0.717) is 17.4 Å². The molecule has 0 saturated carbocycles. The highest BCUT2D eigenvalue weighted by Gasteiger charge is 2.32. The molecule has 0 aromatic heterocycles. The van der Waals surface area contributed by atoms with Crippen molar-refractivity contribution in [2.24, 2.45) is 5.10 Å². The zero-order valence-electron chi connectivity index (χ0n) is 18.0. The van der Waals surface area contributed by atoms with Crippen molar-refractivity contribution in [3.05, 3.63) is 65.2 Å². The number of carbonyl (C=O) groups is 1. The summed E-state index contributed by atoms with van der Waals surface area (Å²) in [6, 6.07) is 13.6. The van der Waals surface area contributed by atoms with Crippen LogP contribution in [-0.4, -0.2) is 30.8 Å². The van der Waals surface area contributed by atoms with Crippen LogP contribution in [0, 0.1) is 0 Å². The molecule has 1 aliphatic rings. The third-order valence-electron chi connectivity index (χ3n) is 5.12. The van der Waals surface area contributed by atoms with Crippen LogP contribution in [0.1, 0.15) is 56.1 Å². The summed E-state index contributed by atoms with van der Waals surface area (Å²) in [5.41, 5.74) is 7.65. The van der Waals surface area contributed by atoms with Gasteiger partial charge in [-0.15, -0.1) is 0 Å². The standard InChI is InChI=1S/C24H29N3O2/c1-16(2)27-22-11-10-18(12-21(22)17(3)14-24(27,4)5)15-25-26-23(28)19-8-7-9-20(13-19)29-6/h7-16H,1-6H3,(H,26,28)/b25-15+. The number of methoxy groups -OCH3 is 1. The largest absolute Gasteiger partial charge is 0.497 e. The molecule has 1 heterocycles. The van der Waals surface area contributed by atoms with Gasteiger partial charge in [-0.25, -0.2) is 5.43 Å². The van der Waals surface area contributed by atoms with Crippen LogP contribution in [0.25, 0.3) is 5.57 Å². The van der Waals surface area contributed by atoms with Crippen molar-refractivity contribution in [1.29, 1.82) is 0 Å². The Balaban J connectivity index is 1.79. The molecule has 1 amide bonds. The van der Waals surface area contributed by atoms with E-state index in [1.807, 2.05) is 6.07 Å². The third-order valence-corrected chi connectivity index (χ3v) is 5.12. The van der Waals surface area contributed by atoms with Crippen molar-refractivity contribution < 1.29 is 9.53 Å². The molecule has 5 heteroatoms. The first-order chi connectivity index (χ1) is 13.7. The first-order valence-corrected chi connectivity index (χ1v) is 9.83. The lowest BCUT2D eigenvalue weighted by molar-refractivity contribution is 0.0955. The molecule has 1 aliphatic heterocycles. The summed E-state index contributed by atoms with van der Waals surface area (Å²) in [4.78, 5) is 14.7. The van der Waals surface area contributed by atoms with Crippen LogP contribution in [0.15, 0.2) is 53.6 Å². The molecule has 0 bridgehead atoms. The minimum atomic E-state index is -0.276. The Morgan fingerprint density at radius 2 is 1.97 bits per heavy atom. The highest BCUT2D eigenvalue weighted by Crippen LogP contribution is 2.40. The molecule has 0 spiro atoms. The Bertz CT molecular complexity index is 974. The summed E-state index contributed by atoms with van der Waals surface area (Å²) in [7, 11) is 1.57. The van der Waals surface area contributed by atoms with Gasteiger partial charge in [0, 0.05) is 22.9 Å². The molecule has 0 saturated heterocycles. The Labute approximate surface area is 173 Å². The van der Waals surface area contributed by atoms with E-state index < -0.39 is 0 Å². The van der Waals surface area contributed by atoms with Crippen LogP contribution in [0.3, 0.4) is 0 Å². The van der Waals surface area contributed by atoms with E-state index >= 15 is 0 Å². The van der Waals surface area contributed by atoms with Crippen molar-refractivity contribution >= 4 is 23.4 Å². The van der Waals surface area contributed by atoms with Gasteiger partial charge in [0.25, 0.3) is 5.91 Å². The number of amides is 1.